The summed E-state index contributed by atoms with van der Waals surface area (Å²) < 4.78 is 14.8. The molecule has 7 nitrogen and oxygen atoms in total. The molecule has 1 saturated heterocycles. The van der Waals surface area contributed by atoms with Gasteiger partial charge in [0.05, 0.1) is 17.5 Å². The molecule has 4 rings (SSSR count). The van der Waals surface area contributed by atoms with Crippen molar-refractivity contribution in [1.29, 1.82) is 0 Å². The second-order valence-corrected chi connectivity index (χ2v) is 6.10. The highest BCUT2D eigenvalue weighted by molar-refractivity contribution is 5.99. The summed E-state index contributed by atoms with van der Waals surface area (Å²) in [6, 6.07) is 6.53. The van der Waals surface area contributed by atoms with Gasteiger partial charge in [-0.25, -0.2) is 13.9 Å². The van der Waals surface area contributed by atoms with Crippen LogP contribution in [0, 0.1) is 12.7 Å². The summed E-state index contributed by atoms with van der Waals surface area (Å²) in [6.45, 7) is 2.49. The van der Waals surface area contributed by atoms with Gasteiger partial charge in [-0.2, -0.15) is 5.10 Å². The van der Waals surface area contributed by atoms with E-state index in [0.717, 1.165) is 0 Å². The van der Waals surface area contributed by atoms with Crippen LogP contribution in [0.5, 0.6) is 0 Å². The molecule has 1 atom stereocenters. The van der Waals surface area contributed by atoms with Crippen LogP contribution < -0.4 is 5.32 Å². The van der Waals surface area contributed by atoms with E-state index in [1.165, 1.54) is 35.4 Å². The summed E-state index contributed by atoms with van der Waals surface area (Å²) in [4.78, 5) is 31.4. The van der Waals surface area contributed by atoms with E-state index in [1.807, 2.05) is 0 Å². The lowest BCUT2D eigenvalue weighted by molar-refractivity contribution is -0.128. The molecule has 26 heavy (non-hydrogen) atoms. The zero-order valence-corrected chi connectivity index (χ0v) is 14.0. The number of nitrogens with one attached hydrogen (secondary N) is 1. The number of hydrogen-bond acceptors (Lipinski definition) is 4. The number of halogens is 1. The van der Waals surface area contributed by atoms with Gasteiger partial charge in [-0.3, -0.25) is 9.59 Å². The lowest BCUT2D eigenvalue weighted by atomic mass is 10.0. The molecule has 3 aromatic rings. The molecule has 3 heterocycles. The van der Waals surface area contributed by atoms with Crippen LogP contribution in [-0.4, -0.2) is 44.4 Å². The van der Waals surface area contributed by atoms with Crippen molar-refractivity contribution in [3.63, 3.8) is 0 Å². The van der Waals surface area contributed by atoms with Crippen molar-refractivity contribution >= 4 is 17.5 Å². The minimum atomic E-state index is -0.815. The highest BCUT2D eigenvalue weighted by atomic mass is 19.1. The van der Waals surface area contributed by atoms with Crippen molar-refractivity contribution in [2.75, 3.05) is 13.1 Å². The number of benzene rings is 1. The number of amides is 2. The summed E-state index contributed by atoms with van der Waals surface area (Å²) in [5.74, 6) is -0.995. The number of carbonyl (C=O) groups excluding carboxylic acids is 2. The first-order valence-corrected chi connectivity index (χ1v) is 8.20. The lowest BCUT2D eigenvalue weighted by Gasteiger charge is -2.35. The van der Waals surface area contributed by atoms with Crippen LogP contribution >= 0.6 is 0 Å². The van der Waals surface area contributed by atoms with Crippen molar-refractivity contribution in [2.45, 2.75) is 13.0 Å². The number of piperazine rings is 1. The summed E-state index contributed by atoms with van der Waals surface area (Å²) in [5, 5.41) is 6.93. The number of carbonyl (C=O) groups is 2. The summed E-state index contributed by atoms with van der Waals surface area (Å²) in [7, 11) is 0. The second-order valence-electron chi connectivity index (χ2n) is 6.10. The van der Waals surface area contributed by atoms with Crippen molar-refractivity contribution in [1.82, 2.24) is 24.8 Å². The molecule has 1 fully saturated rings. The van der Waals surface area contributed by atoms with E-state index in [4.69, 9.17) is 0 Å². The van der Waals surface area contributed by atoms with Gasteiger partial charge in [0, 0.05) is 25.4 Å². The maximum absolute atomic E-state index is 13.2. The van der Waals surface area contributed by atoms with Crippen LogP contribution in [0.15, 0.2) is 42.7 Å². The van der Waals surface area contributed by atoms with E-state index in [1.54, 1.807) is 23.7 Å². The quantitative estimate of drug-likeness (QED) is 0.757. The Morgan fingerprint density at radius 3 is 2.81 bits per heavy atom. The molecule has 1 aliphatic heterocycles. The number of rotatable bonds is 2. The molecule has 2 aromatic heterocycles. The number of hydrogen-bond donors (Lipinski definition) is 1. The predicted molar refractivity (Wildman–Crippen MR) is 90.9 cm³/mol. The fourth-order valence-corrected chi connectivity index (χ4v) is 3.22. The van der Waals surface area contributed by atoms with Crippen molar-refractivity contribution < 1.29 is 14.0 Å². The SMILES string of the molecule is Cc1c(C(=O)N2CCNC(=O)[C@H]2c2ccc(F)cc2)cnc2ccnn12. The van der Waals surface area contributed by atoms with Crippen molar-refractivity contribution in [3.05, 3.63) is 65.4 Å². The molecule has 1 N–H and O–H groups in total. The number of fused-ring (bicyclic) bond motifs is 1. The van der Waals surface area contributed by atoms with Gasteiger partial charge >= 0.3 is 0 Å². The molecule has 0 radical (unpaired) electrons. The monoisotopic (exact) mass is 353 g/mol. The van der Waals surface area contributed by atoms with Crippen LogP contribution in [0.25, 0.3) is 5.65 Å². The molecular weight excluding hydrogens is 337 g/mol. The summed E-state index contributed by atoms with van der Waals surface area (Å²) >= 11 is 0. The normalized spacial score (nSPS) is 17.4. The van der Waals surface area contributed by atoms with E-state index in [2.05, 4.69) is 15.4 Å². The Bertz CT molecular complexity index is 998. The maximum Gasteiger partial charge on any atom is 0.258 e. The third-order valence-electron chi connectivity index (χ3n) is 4.55. The van der Waals surface area contributed by atoms with Crippen LogP contribution in [-0.2, 0) is 4.79 Å². The Morgan fingerprint density at radius 1 is 1.27 bits per heavy atom. The number of aromatic nitrogens is 3. The number of nitrogens with zero attached hydrogens (tertiary/aromatic N) is 4. The highest BCUT2D eigenvalue weighted by Crippen LogP contribution is 2.26. The Hall–Kier alpha value is -3.29. The van der Waals surface area contributed by atoms with Gasteiger partial charge in [-0.15, -0.1) is 0 Å². The van der Waals surface area contributed by atoms with Crippen LogP contribution in [0.2, 0.25) is 0 Å². The average Bonchev–Trinajstić information content (AvgIpc) is 3.12. The molecule has 1 aromatic carbocycles. The molecular formula is C18H16FN5O2. The van der Waals surface area contributed by atoms with E-state index >= 15 is 0 Å². The van der Waals surface area contributed by atoms with E-state index in [0.29, 0.717) is 35.6 Å². The molecule has 0 aliphatic carbocycles. The van der Waals surface area contributed by atoms with E-state index in [9.17, 15) is 14.0 Å². The first-order chi connectivity index (χ1) is 12.6. The van der Waals surface area contributed by atoms with Crippen molar-refractivity contribution in [2.24, 2.45) is 0 Å². The second kappa shape index (κ2) is 6.21. The van der Waals surface area contributed by atoms with Gasteiger partial charge in [0.25, 0.3) is 5.91 Å². The molecule has 1 aliphatic rings. The Morgan fingerprint density at radius 2 is 2.04 bits per heavy atom. The molecule has 132 valence electrons. The minimum Gasteiger partial charge on any atom is -0.352 e. The van der Waals surface area contributed by atoms with Gasteiger partial charge in [0.1, 0.15) is 11.9 Å². The van der Waals surface area contributed by atoms with Crippen LogP contribution in [0.1, 0.15) is 27.7 Å². The topological polar surface area (TPSA) is 79.6 Å². The Kier molecular flexibility index (Phi) is 3.87. The molecule has 0 saturated carbocycles. The van der Waals surface area contributed by atoms with Crippen molar-refractivity contribution in [3.8, 4) is 0 Å². The first kappa shape index (κ1) is 16.2. The third-order valence-corrected chi connectivity index (χ3v) is 4.55. The third kappa shape index (κ3) is 2.59. The zero-order chi connectivity index (χ0) is 18.3. The van der Waals surface area contributed by atoms with Crippen LogP contribution in [0.4, 0.5) is 4.39 Å². The highest BCUT2D eigenvalue weighted by Gasteiger charge is 2.35. The largest absolute Gasteiger partial charge is 0.352 e. The van der Waals surface area contributed by atoms with Gasteiger partial charge in [0.2, 0.25) is 5.91 Å². The molecule has 2 amide bonds. The van der Waals surface area contributed by atoms with Gasteiger partial charge in [-0.1, -0.05) is 12.1 Å². The zero-order valence-electron chi connectivity index (χ0n) is 14.0. The molecule has 0 spiro atoms. The summed E-state index contributed by atoms with van der Waals surface area (Å²) in [5.41, 5.74) is 2.23. The first-order valence-electron chi connectivity index (χ1n) is 8.20. The Balaban J connectivity index is 1.75. The number of aryl methyl sites for hydroxylation is 1. The van der Waals surface area contributed by atoms with E-state index < -0.39 is 11.9 Å². The van der Waals surface area contributed by atoms with Gasteiger partial charge in [0.15, 0.2) is 5.65 Å². The lowest BCUT2D eigenvalue weighted by Crippen LogP contribution is -2.52. The predicted octanol–water partition coefficient (Wildman–Crippen LogP) is 1.49. The minimum absolute atomic E-state index is 0.290. The Labute approximate surface area is 148 Å². The van der Waals surface area contributed by atoms with E-state index in [-0.39, 0.29) is 11.8 Å². The molecule has 0 bridgehead atoms. The van der Waals surface area contributed by atoms with Gasteiger partial charge < -0.3 is 10.2 Å². The van der Waals surface area contributed by atoms with Crippen LogP contribution in [0.3, 0.4) is 0 Å². The fraction of sp³-hybridized carbons (Fsp3) is 0.222. The molecule has 8 heteroatoms. The van der Waals surface area contributed by atoms with Gasteiger partial charge in [-0.05, 0) is 24.6 Å². The maximum atomic E-state index is 13.2. The fourth-order valence-electron chi connectivity index (χ4n) is 3.22. The smallest absolute Gasteiger partial charge is 0.258 e. The standard InChI is InChI=1S/C18H16FN5O2/c1-11-14(10-21-15-6-7-22-24(11)15)18(26)23-9-8-20-17(25)16(23)12-2-4-13(19)5-3-12/h2-7,10,16H,8-9H2,1H3,(H,20,25)/t16-/m1/s1. The summed E-state index contributed by atoms with van der Waals surface area (Å²) in [6.07, 6.45) is 3.11. The average molecular weight is 353 g/mol. The molecule has 0 unspecified atom stereocenters.